The first kappa shape index (κ1) is 31.9. The molecule has 0 aliphatic carbocycles. The van der Waals surface area contributed by atoms with Crippen molar-refractivity contribution in [3.05, 3.63) is 130 Å². The van der Waals surface area contributed by atoms with Gasteiger partial charge in [0.2, 0.25) is 0 Å². The molecule has 4 aromatic carbocycles. The van der Waals surface area contributed by atoms with Crippen LogP contribution in [0.4, 0.5) is 28.9 Å². The molecule has 0 unspecified atom stereocenters. The Balaban J connectivity index is 0.000000205. The highest BCUT2D eigenvalue weighted by atomic mass is 19.4. The summed E-state index contributed by atoms with van der Waals surface area (Å²) in [5.41, 5.74) is 7.21. The smallest absolute Gasteiger partial charge is 0.419 e. The topological polar surface area (TPSA) is 150 Å². The number of alkyl halides is 3. The van der Waals surface area contributed by atoms with Crippen molar-refractivity contribution < 1.29 is 46.9 Å². The number of fused-ring (bicyclic) bond motifs is 1. The summed E-state index contributed by atoms with van der Waals surface area (Å²) in [7, 11) is 0. The van der Waals surface area contributed by atoms with Gasteiger partial charge in [-0.05, 0) is 65.7 Å². The molecular weight excluding hydrogens is 600 g/mol. The molecule has 230 valence electrons. The molecule has 0 spiro atoms. The van der Waals surface area contributed by atoms with Crippen LogP contribution in [-0.2, 0) is 17.5 Å². The van der Waals surface area contributed by atoms with E-state index in [1.807, 2.05) is 12.1 Å². The summed E-state index contributed by atoms with van der Waals surface area (Å²) in [5, 5.41) is 25.5. The second kappa shape index (κ2) is 13.9. The highest BCUT2D eigenvalue weighted by molar-refractivity contribution is 5.96. The third-order valence-electron chi connectivity index (χ3n) is 6.04. The van der Waals surface area contributed by atoms with Gasteiger partial charge in [0.15, 0.2) is 0 Å². The van der Waals surface area contributed by atoms with Crippen LogP contribution in [0.15, 0.2) is 95.1 Å². The number of esters is 1. The van der Waals surface area contributed by atoms with Crippen LogP contribution in [0.2, 0.25) is 0 Å². The van der Waals surface area contributed by atoms with Crippen LogP contribution in [0.3, 0.4) is 0 Å². The van der Waals surface area contributed by atoms with Gasteiger partial charge >= 0.3 is 24.1 Å². The molecule has 0 bridgehead atoms. The number of nitrogens with zero attached hydrogens (tertiary/aromatic N) is 2. The van der Waals surface area contributed by atoms with Gasteiger partial charge in [-0.3, -0.25) is 10.9 Å². The zero-order chi connectivity index (χ0) is 32.6. The Morgan fingerprint density at radius 2 is 1.31 bits per heavy atom. The number of carbonyl (C=O) groups excluding carboxylic acids is 1. The van der Waals surface area contributed by atoms with E-state index >= 15 is 0 Å². The van der Waals surface area contributed by atoms with Gasteiger partial charge in [-0.25, -0.2) is 18.8 Å². The standard InChI is InChI=1S/C16H12N2O4.C15H10F4N2O2/c19-15(20)11-2-1-3-13(7-11)18-17-8-10-4-5-12-9-22-16(21)14(12)6-10;16-13-5-4-9(6-12(13)15(17,18)19)8-20-21-11-3-1-2-10(7-11)14(22)23/h1-8,18H,9H2,(H,19,20);1-8,21H,(H,22,23)/b17-8+;20-8+. The average molecular weight is 623 g/mol. The minimum Gasteiger partial charge on any atom is -0.478 e. The largest absolute Gasteiger partial charge is 0.478 e. The zero-order valence-electron chi connectivity index (χ0n) is 22.9. The van der Waals surface area contributed by atoms with Crippen molar-refractivity contribution in [3.8, 4) is 0 Å². The monoisotopic (exact) mass is 622 g/mol. The number of hydrazone groups is 2. The number of ether oxygens (including phenoxy) is 1. The van der Waals surface area contributed by atoms with E-state index in [1.165, 1.54) is 36.4 Å². The van der Waals surface area contributed by atoms with Gasteiger partial charge in [-0.1, -0.05) is 30.3 Å². The van der Waals surface area contributed by atoms with Gasteiger partial charge in [0.1, 0.15) is 12.4 Å². The van der Waals surface area contributed by atoms with Gasteiger partial charge in [-0.15, -0.1) is 0 Å². The molecular formula is C31H22F4N4O6. The lowest BCUT2D eigenvalue weighted by Crippen LogP contribution is -2.08. The highest BCUT2D eigenvalue weighted by Gasteiger charge is 2.34. The zero-order valence-corrected chi connectivity index (χ0v) is 22.9. The summed E-state index contributed by atoms with van der Waals surface area (Å²) in [6.07, 6.45) is -2.17. The van der Waals surface area contributed by atoms with Gasteiger partial charge in [-0.2, -0.15) is 23.4 Å². The minimum atomic E-state index is -4.79. The number of aromatic carboxylic acids is 2. The molecule has 0 radical (unpaired) electrons. The SMILES string of the molecule is O=C(O)c1cccc(N/N=C/c2ccc(F)c(C(F)(F)F)c2)c1.O=C(O)c1cccc(N/N=C/c2ccc3c(c2)C(=O)OC3)c1. The summed E-state index contributed by atoms with van der Waals surface area (Å²) in [4.78, 5) is 33.2. The molecule has 0 amide bonds. The number of halogens is 4. The molecule has 1 aliphatic rings. The second-order valence-corrected chi connectivity index (χ2v) is 9.24. The van der Waals surface area contributed by atoms with Gasteiger partial charge in [0.25, 0.3) is 0 Å². The number of rotatable bonds is 8. The highest BCUT2D eigenvalue weighted by Crippen LogP contribution is 2.31. The van der Waals surface area contributed by atoms with E-state index in [4.69, 9.17) is 14.9 Å². The fourth-order valence-electron chi connectivity index (χ4n) is 3.86. The van der Waals surface area contributed by atoms with Crippen LogP contribution in [-0.4, -0.2) is 40.6 Å². The lowest BCUT2D eigenvalue weighted by Gasteiger charge is -2.08. The first-order chi connectivity index (χ1) is 21.4. The molecule has 1 heterocycles. The van der Waals surface area contributed by atoms with E-state index in [-0.39, 0.29) is 22.7 Å². The van der Waals surface area contributed by atoms with Crippen LogP contribution in [0.25, 0.3) is 0 Å². The molecule has 0 atom stereocenters. The number of carboxylic acid groups (broad SMARTS) is 2. The summed E-state index contributed by atoms with van der Waals surface area (Å²) < 4.78 is 55.8. The van der Waals surface area contributed by atoms with E-state index in [9.17, 15) is 31.9 Å². The Hall–Kier alpha value is -6.05. The first-order valence-electron chi connectivity index (χ1n) is 12.8. The molecule has 14 heteroatoms. The molecule has 45 heavy (non-hydrogen) atoms. The van der Waals surface area contributed by atoms with E-state index in [2.05, 4.69) is 21.1 Å². The Labute approximate surface area is 252 Å². The van der Waals surface area contributed by atoms with Crippen molar-refractivity contribution in [2.24, 2.45) is 10.2 Å². The lowest BCUT2D eigenvalue weighted by atomic mass is 10.1. The van der Waals surface area contributed by atoms with Gasteiger partial charge in [0, 0.05) is 5.56 Å². The summed E-state index contributed by atoms with van der Waals surface area (Å²) in [5.74, 6) is -3.81. The maximum atomic E-state index is 13.1. The molecule has 0 fully saturated rings. The van der Waals surface area contributed by atoms with E-state index in [0.29, 0.717) is 35.7 Å². The molecule has 10 nitrogen and oxygen atoms in total. The van der Waals surface area contributed by atoms with Crippen molar-refractivity contribution in [2.45, 2.75) is 12.8 Å². The van der Waals surface area contributed by atoms with Crippen LogP contribution in [0, 0.1) is 5.82 Å². The van der Waals surface area contributed by atoms with Crippen molar-refractivity contribution in [1.82, 2.24) is 0 Å². The van der Waals surface area contributed by atoms with Crippen molar-refractivity contribution >= 4 is 41.7 Å². The molecule has 5 rings (SSSR count). The number of carbonyl (C=O) groups is 3. The number of hydrogen-bond donors (Lipinski definition) is 4. The third kappa shape index (κ3) is 8.73. The molecule has 4 N–H and O–H groups in total. The Morgan fingerprint density at radius 1 is 0.778 bits per heavy atom. The van der Waals surface area contributed by atoms with E-state index in [0.717, 1.165) is 23.4 Å². The lowest BCUT2D eigenvalue weighted by molar-refractivity contribution is -0.140. The normalized spacial score (nSPS) is 12.3. The van der Waals surface area contributed by atoms with Crippen LogP contribution in [0.1, 0.15) is 53.3 Å². The summed E-state index contributed by atoms with van der Waals surface area (Å²) >= 11 is 0. The Kier molecular flexibility index (Phi) is 9.88. The van der Waals surface area contributed by atoms with Gasteiger partial charge < -0.3 is 14.9 Å². The van der Waals surface area contributed by atoms with Crippen molar-refractivity contribution in [2.75, 3.05) is 10.9 Å². The number of cyclic esters (lactones) is 1. The Morgan fingerprint density at radius 3 is 1.84 bits per heavy atom. The first-order valence-corrected chi connectivity index (χ1v) is 12.8. The number of anilines is 2. The van der Waals surface area contributed by atoms with E-state index < -0.39 is 29.5 Å². The molecule has 0 saturated heterocycles. The third-order valence-corrected chi connectivity index (χ3v) is 6.04. The molecule has 0 saturated carbocycles. The molecule has 1 aliphatic heterocycles. The summed E-state index contributed by atoms with van der Waals surface area (Å²) in [6.45, 7) is 0.311. The quantitative estimate of drug-likeness (QED) is 0.0754. The average Bonchev–Trinajstić information content (AvgIpc) is 3.38. The fourth-order valence-corrected chi connectivity index (χ4v) is 3.86. The Bertz CT molecular complexity index is 1810. The second-order valence-electron chi connectivity index (χ2n) is 9.24. The van der Waals surface area contributed by atoms with E-state index in [1.54, 1.807) is 24.4 Å². The predicted molar refractivity (Wildman–Crippen MR) is 156 cm³/mol. The van der Waals surface area contributed by atoms with Gasteiger partial charge in [0.05, 0.1) is 46.1 Å². The predicted octanol–water partition coefficient (Wildman–Crippen LogP) is 6.49. The summed E-state index contributed by atoms with van der Waals surface area (Å²) in [6, 6.07) is 19.9. The molecule has 4 aromatic rings. The van der Waals surface area contributed by atoms with Crippen LogP contribution in [0.5, 0.6) is 0 Å². The van der Waals surface area contributed by atoms with Crippen LogP contribution < -0.4 is 10.9 Å². The maximum Gasteiger partial charge on any atom is 0.419 e. The van der Waals surface area contributed by atoms with Crippen molar-refractivity contribution in [3.63, 3.8) is 0 Å². The minimum absolute atomic E-state index is 0.0336. The van der Waals surface area contributed by atoms with Crippen molar-refractivity contribution in [1.29, 1.82) is 0 Å². The number of carboxylic acids is 2. The molecule has 0 aromatic heterocycles. The number of benzene rings is 4. The van der Waals surface area contributed by atoms with Crippen LogP contribution >= 0.6 is 0 Å². The maximum absolute atomic E-state index is 13.1. The number of nitrogens with one attached hydrogen (secondary N) is 2. The number of hydrogen-bond acceptors (Lipinski definition) is 8. The fraction of sp³-hybridized carbons (Fsp3) is 0.0645.